The van der Waals surface area contributed by atoms with Gasteiger partial charge in [-0.2, -0.15) is 0 Å². The molecule has 0 amide bonds. The van der Waals surface area contributed by atoms with Crippen molar-refractivity contribution < 1.29 is 0 Å². The van der Waals surface area contributed by atoms with Gasteiger partial charge in [0.15, 0.2) is 0 Å². The predicted molar refractivity (Wildman–Crippen MR) is 56.8 cm³/mol. The zero-order chi connectivity index (χ0) is 9.80. The molecule has 3 nitrogen and oxygen atoms in total. The molecule has 3 heteroatoms. The number of nitrogens with zero attached hydrogens (tertiary/aromatic N) is 1. The van der Waals surface area contributed by atoms with Crippen molar-refractivity contribution in [1.29, 1.82) is 0 Å². The van der Waals surface area contributed by atoms with Crippen LogP contribution in [0.5, 0.6) is 0 Å². The summed E-state index contributed by atoms with van der Waals surface area (Å²) in [4.78, 5) is 4.10. The molecule has 0 bridgehead atoms. The summed E-state index contributed by atoms with van der Waals surface area (Å²) in [6.45, 7) is 2.19. The molecular formula is C11H17N3. The monoisotopic (exact) mass is 191 g/mol. The third-order valence-corrected chi connectivity index (χ3v) is 2.96. The van der Waals surface area contributed by atoms with Crippen molar-refractivity contribution in [3.8, 4) is 0 Å². The van der Waals surface area contributed by atoms with Crippen LogP contribution in [0.25, 0.3) is 0 Å². The molecule has 0 spiro atoms. The summed E-state index contributed by atoms with van der Waals surface area (Å²) in [6, 6.07) is 4.18. The van der Waals surface area contributed by atoms with Gasteiger partial charge in [-0.15, -0.1) is 0 Å². The maximum atomic E-state index is 6.20. The van der Waals surface area contributed by atoms with Crippen molar-refractivity contribution in [1.82, 2.24) is 10.3 Å². The van der Waals surface area contributed by atoms with Gasteiger partial charge in [0, 0.05) is 18.4 Å². The van der Waals surface area contributed by atoms with Gasteiger partial charge in [-0.3, -0.25) is 4.98 Å². The van der Waals surface area contributed by atoms with E-state index >= 15 is 0 Å². The lowest BCUT2D eigenvalue weighted by atomic mass is 9.87. The number of rotatable bonds is 2. The van der Waals surface area contributed by atoms with E-state index in [1.54, 1.807) is 6.20 Å². The minimum Gasteiger partial charge on any atom is -0.324 e. The van der Waals surface area contributed by atoms with E-state index in [0.717, 1.165) is 13.1 Å². The van der Waals surface area contributed by atoms with Gasteiger partial charge in [0.2, 0.25) is 0 Å². The van der Waals surface area contributed by atoms with E-state index in [0.29, 0.717) is 5.92 Å². The van der Waals surface area contributed by atoms with E-state index in [1.807, 2.05) is 12.3 Å². The highest BCUT2D eigenvalue weighted by Crippen LogP contribution is 2.25. The summed E-state index contributed by atoms with van der Waals surface area (Å²) in [6.07, 6.45) is 6.03. The molecule has 0 aromatic carbocycles. The fourth-order valence-corrected chi connectivity index (χ4v) is 2.05. The van der Waals surface area contributed by atoms with Crippen LogP contribution >= 0.6 is 0 Å². The average molecular weight is 191 g/mol. The van der Waals surface area contributed by atoms with Crippen LogP contribution in [0.15, 0.2) is 24.5 Å². The van der Waals surface area contributed by atoms with Gasteiger partial charge >= 0.3 is 0 Å². The lowest BCUT2D eigenvalue weighted by Crippen LogP contribution is -2.33. The van der Waals surface area contributed by atoms with E-state index in [9.17, 15) is 0 Å². The van der Waals surface area contributed by atoms with E-state index in [-0.39, 0.29) is 6.04 Å². The van der Waals surface area contributed by atoms with Gasteiger partial charge < -0.3 is 11.1 Å². The van der Waals surface area contributed by atoms with Crippen LogP contribution in [-0.4, -0.2) is 18.1 Å². The normalized spacial score (nSPS) is 20.6. The molecule has 14 heavy (non-hydrogen) atoms. The van der Waals surface area contributed by atoms with E-state index < -0.39 is 0 Å². The molecule has 76 valence electrons. The molecule has 1 saturated heterocycles. The summed E-state index contributed by atoms with van der Waals surface area (Å²) in [5, 5.41) is 3.35. The Kier molecular flexibility index (Phi) is 3.11. The predicted octanol–water partition coefficient (Wildman–Crippen LogP) is 1.08. The molecular weight excluding hydrogens is 174 g/mol. The van der Waals surface area contributed by atoms with Crippen molar-refractivity contribution in [2.24, 2.45) is 11.7 Å². The number of aromatic nitrogens is 1. The maximum absolute atomic E-state index is 6.20. The topological polar surface area (TPSA) is 50.9 Å². The van der Waals surface area contributed by atoms with Crippen LogP contribution in [-0.2, 0) is 0 Å². The Hall–Kier alpha value is -0.930. The molecule has 0 saturated carbocycles. The summed E-state index contributed by atoms with van der Waals surface area (Å²) < 4.78 is 0. The van der Waals surface area contributed by atoms with E-state index in [1.165, 1.54) is 18.4 Å². The quantitative estimate of drug-likeness (QED) is 0.735. The minimum atomic E-state index is 0.158. The Morgan fingerprint density at radius 2 is 2.21 bits per heavy atom. The van der Waals surface area contributed by atoms with Crippen LogP contribution in [0.4, 0.5) is 0 Å². The van der Waals surface area contributed by atoms with Crippen LogP contribution in [0.1, 0.15) is 24.4 Å². The Labute approximate surface area is 84.7 Å². The third-order valence-electron chi connectivity index (χ3n) is 2.96. The van der Waals surface area contributed by atoms with E-state index in [4.69, 9.17) is 5.73 Å². The summed E-state index contributed by atoms with van der Waals surface area (Å²) in [5.41, 5.74) is 7.37. The third kappa shape index (κ3) is 2.11. The smallest absolute Gasteiger partial charge is 0.0339 e. The zero-order valence-corrected chi connectivity index (χ0v) is 8.32. The zero-order valence-electron chi connectivity index (χ0n) is 8.32. The van der Waals surface area contributed by atoms with Crippen LogP contribution in [0.2, 0.25) is 0 Å². The number of nitrogens with one attached hydrogen (secondary N) is 1. The van der Waals surface area contributed by atoms with Crippen molar-refractivity contribution in [3.63, 3.8) is 0 Å². The number of hydrogen-bond donors (Lipinski definition) is 2. The molecule has 1 fully saturated rings. The molecule has 0 aliphatic carbocycles. The molecule has 3 N–H and O–H groups in total. The first kappa shape index (κ1) is 9.62. The van der Waals surface area contributed by atoms with Gasteiger partial charge in [-0.1, -0.05) is 6.07 Å². The molecule has 1 aliphatic heterocycles. The minimum absolute atomic E-state index is 0.158. The molecule has 2 rings (SSSR count). The molecule has 1 aliphatic rings. The molecule has 0 unspecified atom stereocenters. The Morgan fingerprint density at radius 1 is 1.43 bits per heavy atom. The SMILES string of the molecule is N[C@H](c1cccnc1)C1CCNCC1. The molecule has 1 aromatic heterocycles. The maximum Gasteiger partial charge on any atom is 0.0339 e. The molecule has 0 radical (unpaired) electrons. The standard InChI is InChI=1S/C11H17N3/c12-11(9-3-6-13-7-4-9)10-2-1-5-14-8-10/h1-2,5,8-9,11,13H,3-4,6-7,12H2/t11-/m0/s1. The average Bonchev–Trinajstić information content (AvgIpc) is 2.30. The highest BCUT2D eigenvalue weighted by atomic mass is 14.9. The number of hydrogen-bond acceptors (Lipinski definition) is 3. The molecule has 1 atom stereocenters. The summed E-state index contributed by atoms with van der Waals surface area (Å²) in [5.74, 6) is 0.612. The lowest BCUT2D eigenvalue weighted by Gasteiger charge is -2.28. The Morgan fingerprint density at radius 3 is 2.86 bits per heavy atom. The van der Waals surface area contributed by atoms with Crippen molar-refractivity contribution in [2.75, 3.05) is 13.1 Å². The van der Waals surface area contributed by atoms with Crippen molar-refractivity contribution >= 4 is 0 Å². The van der Waals surface area contributed by atoms with Crippen molar-refractivity contribution in [2.45, 2.75) is 18.9 Å². The van der Waals surface area contributed by atoms with Gasteiger partial charge in [0.05, 0.1) is 0 Å². The highest BCUT2D eigenvalue weighted by Gasteiger charge is 2.21. The lowest BCUT2D eigenvalue weighted by molar-refractivity contribution is 0.322. The van der Waals surface area contributed by atoms with E-state index in [2.05, 4.69) is 16.4 Å². The van der Waals surface area contributed by atoms with Crippen LogP contribution < -0.4 is 11.1 Å². The second-order valence-corrected chi connectivity index (χ2v) is 3.90. The number of piperidine rings is 1. The van der Waals surface area contributed by atoms with Crippen LogP contribution in [0.3, 0.4) is 0 Å². The van der Waals surface area contributed by atoms with Gasteiger partial charge in [0.1, 0.15) is 0 Å². The molecule has 2 heterocycles. The second kappa shape index (κ2) is 4.53. The van der Waals surface area contributed by atoms with Crippen molar-refractivity contribution in [3.05, 3.63) is 30.1 Å². The Bertz CT molecular complexity index is 267. The van der Waals surface area contributed by atoms with Crippen LogP contribution in [0, 0.1) is 5.92 Å². The largest absolute Gasteiger partial charge is 0.324 e. The van der Waals surface area contributed by atoms with Gasteiger partial charge in [-0.05, 0) is 43.5 Å². The van der Waals surface area contributed by atoms with Gasteiger partial charge in [-0.25, -0.2) is 0 Å². The fourth-order valence-electron chi connectivity index (χ4n) is 2.05. The second-order valence-electron chi connectivity index (χ2n) is 3.90. The highest BCUT2D eigenvalue weighted by molar-refractivity contribution is 5.14. The Balaban J connectivity index is 2.03. The fraction of sp³-hybridized carbons (Fsp3) is 0.545. The summed E-state index contributed by atoms with van der Waals surface area (Å²) in [7, 11) is 0. The molecule has 1 aromatic rings. The summed E-state index contributed by atoms with van der Waals surface area (Å²) >= 11 is 0. The first-order chi connectivity index (χ1) is 6.88. The number of pyridine rings is 1. The first-order valence-electron chi connectivity index (χ1n) is 5.24. The van der Waals surface area contributed by atoms with Gasteiger partial charge in [0.25, 0.3) is 0 Å². The first-order valence-corrected chi connectivity index (χ1v) is 5.24. The number of nitrogens with two attached hydrogens (primary N) is 1.